The lowest BCUT2D eigenvalue weighted by Crippen LogP contribution is -2.10. The van der Waals surface area contributed by atoms with Gasteiger partial charge in [0, 0.05) is 33.5 Å². The summed E-state index contributed by atoms with van der Waals surface area (Å²) in [6.07, 6.45) is 0. The van der Waals surface area contributed by atoms with E-state index in [1.807, 2.05) is 0 Å². The van der Waals surface area contributed by atoms with Crippen LogP contribution in [-0.4, -0.2) is 4.57 Å². The number of hydrogen-bond acceptors (Lipinski definition) is 1. The number of hydrogen-bond donors (Lipinski definition) is 0. The third-order valence-corrected chi connectivity index (χ3v) is 10.8. The number of anilines is 3. The van der Waals surface area contributed by atoms with Gasteiger partial charge in [0.15, 0.2) is 0 Å². The van der Waals surface area contributed by atoms with Gasteiger partial charge in [0.25, 0.3) is 0 Å². The molecule has 10 aromatic rings. The molecule has 10 rings (SSSR count). The van der Waals surface area contributed by atoms with E-state index in [4.69, 9.17) is 0 Å². The van der Waals surface area contributed by atoms with E-state index in [0.29, 0.717) is 0 Å². The van der Waals surface area contributed by atoms with E-state index in [-0.39, 0.29) is 0 Å². The molecule has 1 heterocycles. The Morgan fingerprint density at radius 2 is 0.768 bits per heavy atom. The molecule has 0 amide bonds. The topological polar surface area (TPSA) is 8.17 Å². The van der Waals surface area contributed by atoms with Gasteiger partial charge in [-0.15, -0.1) is 0 Å². The van der Waals surface area contributed by atoms with E-state index in [2.05, 4.69) is 240 Å². The van der Waals surface area contributed by atoms with Crippen molar-refractivity contribution in [1.82, 2.24) is 4.57 Å². The Hall–Kier alpha value is -7.42. The molecule has 0 bridgehead atoms. The highest BCUT2D eigenvalue weighted by molar-refractivity contribution is 6.16. The van der Waals surface area contributed by atoms with Crippen LogP contribution in [0.2, 0.25) is 0 Å². The molecule has 0 N–H and O–H groups in total. The highest BCUT2D eigenvalue weighted by Crippen LogP contribution is 2.44. The molecule has 0 radical (unpaired) electrons. The van der Waals surface area contributed by atoms with Crippen molar-refractivity contribution in [3.8, 4) is 50.2 Å². The van der Waals surface area contributed by atoms with Gasteiger partial charge in [-0.1, -0.05) is 164 Å². The van der Waals surface area contributed by atoms with E-state index < -0.39 is 0 Å². The Labute approximate surface area is 327 Å². The first-order chi connectivity index (χ1) is 27.8. The fourth-order valence-corrected chi connectivity index (χ4v) is 8.13. The van der Waals surface area contributed by atoms with Gasteiger partial charge in [0.2, 0.25) is 0 Å². The van der Waals surface area contributed by atoms with Crippen molar-refractivity contribution in [1.29, 1.82) is 0 Å². The molecule has 2 nitrogen and oxygen atoms in total. The second-order valence-corrected chi connectivity index (χ2v) is 14.2. The van der Waals surface area contributed by atoms with E-state index in [9.17, 15) is 0 Å². The molecular formula is C54H38N2. The molecule has 0 aliphatic carbocycles. The highest BCUT2D eigenvalue weighted by Gasteiger charge is 2.21. The quantitative estimate of drug-likeness (QED) is 0.152. The minimum Gasteiger partial charge on any atom is -0.310 e. The van der Waals surface area contributed by atoms with E-state index in [0.717, 1.165) is 22.7 Å². The molecular weight excluding hydrogens is 677 g/mol. The fraction of sp³-hybridized carbons (Fsp3) is 0. The molecule has 0 aliphatic heterocycles. The summed E-state index contributed by atoms with van der Waals surface area (Å²) in [7, 11) is 0. The second kappa shape index (κ2) is 14.4. The maximum absolute atomic E-state index is 2.42. The zero-order valence-electron chi connectivity index (χ0n) is 30.8. The maximum atomic E-state index is 2.42. The lowest BCUT2D eigenvalue weighted by atomic mass is 9.97. The van der Waals surface area contributed by atoms with Crippen LogP contribution in [0.4, 0.5) is 17.1 Å². The lowest BCUT2D eigenvalue weighted by Gasteiger charge is -2.27. The number of aromatic nitrogens is 1. The van der Waals surface area contributed by atoms with Crippen LogP contribution in [0.1, 0.15) is 0 Å². The van der Waals surface area contributed by atoms with E-state index in [1.54, 1.807) is 0 Å². The predicted molar refractivity (Wildman–Crippen MR) is 237 cm³/mol. The van der Waals surface area contributed by atoms with Crippen molar-refractivity contribution in [2.75, 3.05) is 4.90 Å². The van der Waals surface area contributed by atoms with Crippen molar-refractivity contribution in [3.05, 3.63) is 231 Å². The molecule has 0 fully saturated rings. The van der Waals surface area contributed by atoms with E-state index >= 15 is 0 Å². The lowest BCUT2D eigenvalue weighted by molar-refractivity contribution is 1.18. The molecule has 0 unspecified atom stereocenters. The summed E-state index contributed by atoms with van der Waals surface area (Å²) in [6, 6.07) is 83.1. The summed E-state index contributed by atoms with van der Waals surface area (Å²) < 4.78 is 2.41. The molecule has 9 aromatic carbocycles. The number of benzene rings is 9. The minimum absolute atomic E-state index is 1.09. The summed E-state index contributed by atoms with van der Waals surface area (Å²) >= 11 is 0. The van der Waals surface area contributed by atoms with E-state index in [1.165, 1.54) is 66.3 Å². The first-order valence-electron chi connectivity index (χ1n) is 19.2. The molecule has 0 saturated carbocycles. The van der Waals surface area contributed by atoms with Crippen LogP contribution in [-0.2, 0) is 0 Å². The Morgan fingerprint density at radius 1 is 0.286 bits per heavy atom. The van der Waals surface area contributed by atoms with Crippen molar-refractivity contribution in [3.63, 3.8) is 0 Å². The average molecular weight is 715 g/mol. The molecule has 1 aromatic heterocycles. The monoisotopic (exact) mass is 714 g/mol. The maximum Gasteiger partial charge on any atom is 0.0547 e. The summed E-state index contributed by atoms with van der Waals surface area (Å²) in [5.74, 6) is 0. The molecule has 0 aliphatic rings. The molecule has 0 saturated heterocycles. The normalized spacial score (nSPS) is 11.2. The largest absolute Gasteiger partial charge is 0.310 e. The Balaban J connectivity index is 1.24. The number of nitrogens with zero attached hydrogens (tertiary/aromatic N) is 2. The smallest absolute Gasteiger partial charge is 0.0547 e. The first kappa shape index (κ1) is 33.2. The minimum atomic E-state index is 1.09. The van der Waals surface area contributed by atoms with Crippen molar-refractivity contribution >= 4 is 38.9 Å². The Kier molecular flexibility index (Phi) is 8.55. The SMILES string of the molecule is c1ccc(-c2ccc(N(c3cc(-c4ccccc4)cc(-c4ccccc4)c3)c3ccc4c(c3)c3c(-c5ccccc5)cccc3n4-c3ccccc3)cc2)cc1. The highest BCUT2D eigenvalue weighted by atomic mass is 15.1. The summed E-state index contributed by atoms with van der Waals surface area (Å²) in [6.45, 7) is 0. The third kappa shape index (κ3) is 6.14. The van der Waals surface area contributed by atoms with Crippen molar-refractivity contribution in [2.45, 2.75) is 0 Å². The number of fused-ring (bicyclic) bond motifs is 3. The zero-order chi connectivity index (χ0) is 37.3. The van der Waals surface area contributed by atoms with Crippen LogP contribution in [0.3, 0.4) is 0 Å². The van der Waals surface area contributed by atoms with Gasteiger partial charge in [0.1, 0.15) is 0 Å². The zero-order valence-corrected chi connectivity index (χ0v) is 30.8. The van der Waals surface area contributed by atoms with Gasteiger partial charge in [-0.05, 0) is 111 Å². The van der Waals surface area contributed by atoms with Crippen LogP contribution >= 0.6 is 0 Å². The fourth-order valence-electron chi connectivity index (χ4n) is 8.13. The second-order valence-electron chi connectivity index (χ2n) is 14.2. The molecule has 2 heteroatoms. The molecule has 56 heavy (non-hydrogen) atoms. The Morgan fingerprint density at radius 3 is 1.34 bits per heavy atom. The van der Waals surface area contributed by atoms with Crippen LogP contribution in [0, 0.1) is 0 Å². The molecule has 0 atom stereocenters. The summed E-state index contributed by atoms with van der Waals surface area (Å²) in [4.78, 5) is 2.42. The van der Waals surface area contributed by atoms with Crippen LogP contribution < -0.4 is 4.90 Å². The van der Waals surface area contributed by atoms with Gasteiger partial charge in [-0.3, -0.25) is 0 Å². The summed E-state index contributed by atoms with van der Waals surface area (Å²) in [5.41, 5.74) is 16.3. The van der Waals surface area contributed by atoms with Gasteiger partial charge in [0.05, 0.1) is 11.0 Å². The van der Waals surface area contributed by atoms with Gasteiger partial charge < -0.3 is 9.47 Å². The van der Waals surface area contributed by atoms with Crippen LogP contribution in [0.25, 0.3) is 72.0 Å². The third-order valence-electron chi connectivity index (χ3n) is 10.8. The molecule has 0 spiro atoms. The summed E-state index contributed by atoms with van der Waals surface area (Å²) in [5, 5.41) is 2.44. The van der Waals surface area contributed by atoms with Crippen LogP contribution in [0.15, 0.2) is 231 Å². The van der Waals surface area contributed by atoms with Gasteiger partial charge in [-0.2, -0.15) is 0 Å². The van der Waals surface area contributed by atoms with Gasteiger partial charge >= 0.3 is 0 Å². The number of rotatable bonds is 8. The number of para-hydroxylation sites is 1. The molecule has 264 valence electrons. The van der Waals surface area contributed by atoms with Crippen molar-refractivity contribution in [2.24, 2.45) is 0 Å². The van der Waals surface area contributed by atoms with Crippen molar-refractivity contribution < 1.29 is 0 Å². The van der Waals surface area contributed by atoms with Gasteiger partial charge in [-0.25, -0.2) is 0 Å². The Bertz CT molecular complexity index is 2860. The van der Waals surface area contributed by atoms with Crippen LogP contribution in [0.5, 0.6) is 0 Å². The standard InChI is InChI=1S/C54H38N2/c1-6-17-39(18-7-1)42-29-31-47(32-30-42)55(49-36-44(40-19-8-2-9-20-40)35-45(37-49)41-21-10-3-11-22-41)48-33-34-52-51(38-48)54-50(43-23-12-4-13-24-43)27-16-28-53(54)56(52)46-25-14-5-15-26-46/h1-38H. The average Bonchev–Trinajstić information content (AvgIpc) is 3.62. The first-order valence-corrected chi connectivity index (χ1v) is 19.2. The predicted octanol–water partition coefficient (Wildman–Crippen LogP) is 14.9.